The summed E-state index contributed by atoms with van der Waals surface area (Å²) in [5.74, 6) is 0.819. The van der Waals surface area contributed by atoms with Crippen molar-refractivity contribution in [3.8, 4) is 11.5 Å². The Morgan fingerprint density at radius 3 is 2.30 bits per heavy atom. The fraction of sp³-hybridized carbons (Fsp3) is 0.200. The highest BCUT2D eigenvalue weighted by Gasteiger charge is 2.31. The number of hydrogen-bond donors (Lipinski definition) is 1. The predicted octanol–water partition coefficient (Wildman–Crippen LogP) is 3.01. The number of hydrogen-bond acceptors (Lipinski definition) is 7. The Hall–Kier alpha value is -2.40. The van der Waals surface area contributed by atoms with Gasteiger partial charge in [-0.25, -0.2) is 21.6 Å². The molecule has 1 aliphatic heterocycles. The lowest BCUT2D eigenvalue weighted by Crippen LogP contribution is -2.31. The Morgan fingerprint density at radius 2 is 1.60 bits per heavy atom. The number of benzene rings is 2. The Kier molecular flexibility index (Phi) is 5.83. The van der Waals surface area contributed by atoms with E-state index in [1.54, 1.807) is 35.7 Å². The molecular formula is C20H19NO6S3. The van der Waals surface area contributed by atoms with Crippen LogP contribution in [0.3, 0.4) is 0 Å². The molecule has 4 rings (SSSR count). The van der Waals surface area contributed by atoms with Crippen LogP contribution in [0.15, 0.2) is 75.8 Å². The van der Waals surface area contributed by atoms with Crippen molar-refractivity contribution in [2.75, 3.05) is 19.8 Å². The normalized spacial score (nSPS) is 14.9. The van der Waals surface area contributed by atoms with Crippen LogP contribution < -0.4 is 14.2 Å². The minimum atomic E-state index is -3.97. The maximum absolute atomic E-state index is 13.2. The lowest BCUT2D eigenvalue weighted by Gasteiger charge is -2.20. The fourth-order valence-electron chi connectivity index (χ4n) is 3.07. The second-order valence-electron chi connectivity index (χ2n) is 6.52. The third kappa shape index (κ3) is 4.22. The number of thiophene rings is 1. The second-order valence-corrected chi connectivity index (χ2v) is 11.4. The third-order valence-electron chi connectivity index (χ3n) is 4.59. The van der Waals surface area contributed by atoms with Gasteiger partial charge in [-0.1, -0.05) is 24.3 Å². The number of sulfone groups is 1. The Morgan fingerprint density at radius 1 is 0.867 bits per heavy atom. The summed E-state index contributed by atoms with van der Waals surface area (Å²) >= 11 is 1.27. The molecule has 0 aliphatic carbocycles. The maximum atomic E-state index is 13.2. The molecule has 1 aromatic heterocycles. The molecule has 0 amide bonds. The minimum Gasteiger partial charge on any atom is -0.486 e. The van der Waals surface area contributed by atoms with Gasteiger partial charge in [-0.2, -0.15) is 0 Å². The summed E-state index contributed by atoms with van der Waals surface area (Å²) in [4.78, 5) is 0.680. The molecular weight excluding hydrogens is 446 g/mol. The average molecular weight is 466 g/mol. The van der Waals surface area contributed by atoms with Crippen molar-refractivity contribution < 1.29 is 26.3 Å². The lowest BCUT2D eigenvalue weighted by atomic mass is 10.3. The van der Waals surface area contributed by atoms with E-state index in [9.17, 15) is 16.8 Å². The van der Waals surface area contributed by atoms with E-state index in [1.807, 2.05) is 0 Å². The maximum Gasteiger partial charge on any atom is 0.240 e. The molecule has 7 nitrogen and oxygen atoms in total. The number of fused-ring (bicyclic) bond motifs is 1. The van der Waals surface area contributed by atoms with Crippen LogP contribution in [-0.4, -0.2) is 36.6 Å². The van der Waals surface area contributed by atoms with E-state index in [1.165, 1.54) is 41.7 Å². The first kappa shape index (κ1) is 20.9. The molecule has 0 bridgehead atoms. The van der Waals surface area contributed by atoms with Crippen LogP contribution >= 0.6 is 11.3 Å². The van der Waals surface area contributed by atoms with Crippen LogP contribution in [0.1, 0.15) is 10.1 Å². The summed E-state index contributed by atoms with van der Waals surface area (Å²) in [5.41, 5.74) is 0. The van der Waals surface area contributed by atoms with Crippen molar-refractivity contribution in [3.05, 3.63) is 70.9 Å². The van der Waals surface area contributed by atoms with Gasteiger partial charge in [0.2, 0.25) is 10.0 Å². The highest BCUT2D eigenvalue weighted by atomic mass is 32.2. The Labute approximate surface area is 179 Å². The third-order valence-corrected chi connectivity index (χ3v) is 9.24. The van der Waals surface area contributed by atoms with Crippen LogP contribution in [-0.2, 0) is 19.9 Å². The zero-order chi connectivity index (χ0) is 21.2. The summed E-state index contributed by atoms with van der Waals surface area (Å²) in [6.07, 6.45) is 0. The molecule has 1 aliphatic rings. The first-order chi connectivity index (χ1) is 14.4. The van der Waals surface area contributed by atoms with Gasteiger partial charge in [0.25, 0.3) is 0 Å². The molecule has 0 spiro atoms. The largest absolute Gasteiger partial charge is 0.486 e. The molecule has 10 heteroatoms. The Balaban J connectivity index is 1.61. The summed E-state index contributed by atoms with van der Waals surface area (Å²) < 4.78 is 65.4. The van der Waals surface area contributed by atoms with E-state index >= 15 is 0 Å². The Bertz CT molecular complexity index is 1220. The van der Waals surface area contributed by atoms with Crippen LogP contribution in [0.4, 0.5) is 0 Å². The molecule has 1 atom stereocenters. The van der Waals surface area contributed by atoms with Crippen molar-refractivity contribution in [1.82, 2.24) is 4.72 Å². The van der Waals surface area contributed by atoms with E-state index in [0.717, 1.165) is 0 Å². The van der Waals surface area contributed by atoms with Crippen molar-refractivity contribution >= 4 is 31.2 Å². The van der Waals surface area contributed by atoms with Crippen molar-refractivity contribution in [3.63, 3.8) is 0 Å². The second kappa shape index (κ2) is 8.38. The van der Waals surface area contributed by atoms with Gasteiger partial charge in [-0.15, -0.1) is 11.3 Å². The van der Waals surface area contributed by atoms with Gasteiger partial charge in [-0.05, 0) is 35.7 Å². The van der Waals surface area contributed by atoms with Crippen molar-refractivity contribution in [1.29, 1.82) is 0 Å². The molecule has 2 aromatic carbocycles. The van der Waals surface area contributed by atoms with Gasteiger partial charge in [0.05, 0.1) is 9.79 Å². The highest BCUT2D eigenvalue weighted by molar-refractivity contribution is 7.92. The number of rotatable bonds is 7. The molecule has 1 N–H and O–H groups in total. The molecule has 0 fully saturated rings. The topological polar surface area (TPSA) is 98.8 Å². The van der Waals surface area contributed by atoms with E-state index in [4.69, 9.17) is 9.47 Å². The van der Waals surface area contributed by atoms with Gasteiger partial charge in [0.1, 0.15) is 18.5 Å². The number of sulfonamides is 1. The van der Waals surface area contributed by atoms with Crippen LogP contribution in [0.25, 0.3) is 0 Å². The molecule has 0 saturated heterocycles. The summed E-state index contributed by atoms with van der Waals surface area (Å²) in [5, 5.41) is 0.713. The van der Waals surface area contributed by atoms with E-state index in [2.05, 4.69) is 4.72 Å². The molecule has 30 heavy (non-hydrogen) atoms. The quantitative estimate of drug-likeness (QED) is 0.576. The SMILES string of the molecule is O=S(=O)(NC[C@H](c1cccs1)S(=O)(=O)c1ccccc1)c1ccc2c(c1)OCCO2. The summed E-state index contributed by atoms with van der Waals surface area (Å²) in [6.45, 7) is 0.436. The summed E-state index contributed by atoms with van der Waals surface area (Å²) in [6, 6.07) is 15.7. The van der Waals surface area contributed by atoms with Crippen LogP contribution in [0.2, 0.25) is 0 Å². The first-order valence-corrected chi connectivity index (χ1v) is 13.0. The van der Waals surface area contributed by atoms with E-state index < -0.39 is 25.1 Å². The van der Waals surface area contributed by atoms with Crippen LogP contribution in [0.5, 0.6) is 11.5 Å². The highest BCUT2D eigenvalue weighted by Crippen LogP contribution is 2.34. The first-order valence-electron chi connectivity index (χ1n) is 9.09. The molecule has 0 unspecified atom stereocenters. The zero-order valence-electron chi connectivity index (χ0n) is 15.7. The molecule has 158 valence electrons. The summed E-state index contributed by atoms with van der Waals surface area (Å²) in [7, 11) is -7.77. The zero-order valence-corrected chi connectivity index (χ0v) is 18.2. The van der Waals surface area contributed by atoms with Gasteiger partial charge in [0, 0.05) is 17.5 Å². The van der Waals surface area contributed by atoms with Gasteiger partial charge in [0.15, 0.2) is 21.3 Å². The number of ether oxygens (including phenoxy) is 2. The molecule has 0 saturated carbocycles. The minimum absolute atomic E-state index is 0.0196. The molecule has 2 heterocycles. The van der Waals surface area contributed by atoms with Crippen LogP contribution in [0, 0.1) is 0 Å². The van der Waals surface area contributed by atoms with Gasteiger partial charge < -0.3 is 9.47 Å². The predicted molar refractivity (Wildman–Crippen MR) is 113 cm³/mol. The molecule has 0 radical (unpaired) electrons. The smallest absolute Gasteiger partial charge is 0.240 e. The monoisotopic (exact) mass is 465 g/mol. The van der Waals surface area contributed by atoms with Crippen molar-refractivity contribution in [2.45, 2.75) is 15.0 Å². The van der Waals surface area contributed by atoms with Gasteiger partial charge in [-0.3, -0.25) is 0 Å². The van der Waals surface area contributed by atoms with E-state index in [-0.39, 0.29) is 16.3 Å². The van der Waals surface area contributed by atoms with Crippen molar-refractivity contribution in [2.24, 2.45) is 0 Å². The van der Waals surface area contributed by atoms with Gasteiger partial charge >= 0.3 is 0 Å². The van der Waals surface area contributed by atoms with E-state index in [0.29, 0.717) is 29.6 Å². The molecule has 3 aromatic rings. The standard InChI is InChI=1S/C20H19NO6S3/c22-29(23,15-5-2-1-3-6-15)20(19-7-4-12-28-19)14-21-30(24,25)16-8-9-17-18(13-16)27-11-10-26-17/h1-9,12-13,20-21H,10-11,14H2/t20-/m1/s1. The average Bonchev–Trinajstić information content (AvgIpc) is 3.28. The fourth-order valence-corrected chi connectivity index (χ4v) is 7.04. The number of nitrogens with one attached hydrogen (secondary N) is 1. The lowest BCUT2D eigenvalue weighted by molar-refractivity contribution is 0.171.